The minimum absolute atomic E-state index is 0.143. The molecule has 15 heavy (non-hydrogen) atoms. The second-order valence-electron chi connectivity index (χ2n) is 3.91. The van der Waals surface area contributed by atoms with Gasteiger partial charge in [-0.05, 0) is 12.8 Å². The first kappa shape index (κ1) is 12.9. The monoisotopic (exact) mass is 237 g/mol. The third kappa shape index (κ3) is 5.43. The maximum absolute atomic E-state index is 11.0. The molecule has 0 spiro atoms. The number of likely N-dealkylation sites (tertiary alicyclic amines) is 1. The van der Waals surface area contributed by atoms with Crippen molar-refractivity contribution >= 4 is 9.84 Å². The van der Waals surface area contributed by atoms with Crippen LogP contribution in [-0.2, 0) is 14.7 Å². The van der Waals surface area contributed by atoms with Gasteiger partial charge in [-0.25, -0.2) is 14.3 Å². The van der Waals surface area contributed by atoms with Crippen LogP contribution < -0.4 is 11.4 Å². The molecule has 1 rings (SSSR count). The summed E-state index contributed by atoms with van der Waals surface area (Å²) in [6.07, 6.45) is 3.17. The van der Waals surface area contributed by atoms with Gasteiger partial charge in [-0.1, -0.05) is 0 Å². The zero-order chi connectivity index (χ0) is 11.3. The van der Waals surface area contributed by atoms with Crippen LogP contribution in [-0.4, -0.2) is 51.1 Å². The van der Waals surface area contributed by atoms with Gasteiger partial charge in [0, 0.05) is 25.9 Å². The van der Waals surface area contributed by atoms with E-state index in [1.54, 1.807) is 0 Å². The van der Waals surface area contributed by atoms with Gasteiger partial charge in [0.25, 0.3) is 0 Å². The Morgan fingerprint density at radius 2 is 2.07 bits per heavy atom. The van der Waals surface area contributed by atoms with Crippen LogP contribution in [0, 0.1) is 0 Å². The molecule has 0 atom stereocenters. The molecule has 1 heterocycles. The quantitative estimate of drug-likeness (QED) is 0.466. The first-order chi connectivity index (χ1) is 7.01. The first-order valence-electron chi connectivity index (χ1n) is 5.02. The Kier molecular flexibility index (Phi) is 4.94. The molecule has 0 aliphatic carbocycles. The number of piperidine rings is 1. The van der Waals surface area contributed by atoms with Crippen molar-refractivity contribution < 1.29 is 13.3 Å². The standard InChI is InChI=1S/C8H19N3O3S/c1-15(12,13)7-6-11-4-2-8(3-5-11)14-10-9/h8,10H,2-7,9H2,1H3. The molecule has 90 valence electrons. The number of sulfone groups is 1. The van der Waals surface area contributed by atoms with E-state index in [0.717, 1.165) is 25.9 Å². The van der Waals surface area contributed by atoms with Gasteiger partial charge in [-0.15, -0.1) is 5.59 Å². The summed E-state index contributed by atoms with van der Waals surface area (Å²) in [5.74, 6) is 5.27. The highest BCUT2D eigenvalue weighted by Crippen LogP contribution is 2.12. The van der Waals surface area contributed by atoms with E-state index in [-0.39, 0.29) is 11.9 Å². The lowest BCUT2D eigenvalue weighted by Crippen LogP contribution is -2.41. The fourth-order valence-electron chi connectivity index (χ4n) is 1.64. The molecule has 7 heteroatoms. The summed E-state index contributed by atoms with van der Waals surface area (Å²) in [5, 5.41) is 0. The summed E-state index contributed by atoms with van der Waals surface area (Å²) in [5.41, 5.74) is 2.19. The van der Waals surface area contributed by atoms with Crippen LogP contribution in [0.25, 0.3) is 0 Å². The number of nitrogens with two attached hydrogens (primary N) is 1. The van der Waals surface area contributed by atoms with Crippen molar-refractivity contribution in [3.63, 3.8) is 0 Å². The van der Waals surface area contributed by atoms with Crippen molar-refractivity contribution in [2.75, 3.05) is 31.6 Å². The van der Waals surface area contributed by atoms with Crippen molar-refractivity contribution in [3.05, 3.63) is 0 Å². The van der Waals surface area contributed by atoms with Crippen molar-refractivity contribution in [2.24, 2.45) is 5.84 Å². The van der Waals surface area contributed by atoms with E-state index in [2.05, 4.69) is 10.5 Å². The van der Waals surface area contributed by atoms with Gasteiger partial charge in [0.1, 0.15) is 9.84 Å². The number of rotatable bonds is 5. The van der Waals surface area contributed by atoms with E-state index in [1.807, 2.05) is 0 Å². The topological polar surface area (TPSA) is 84.7 Å². The van der Waals surface area contributed by atoms with Gasteiger partial charge in [-0.2, -0.15) is 0 Å². The molecule has 3 N–H and O–H groups in total. The van der Waals surface area contributed by atoms with Gasteiger partial charge in [0.15, 0.2) is 0 Å². The fraction of sp³-hybridized carbons (Fsp3) is 1.00. The second-order valence-corrected chi connectivity index (χ2v) is 6.17. The van der Waals surface area contributed by atoms with Crippen molar-refractivity contribution in [1.82, 2.24) is 10.5 Å². The Bertz CT molecular complexity index is 273. The van der Waals surface area contributed by atoms with E-state index in [0.29, 0.717) is 6.54 Å². The van der Waals surface area contributed by atoms with Gasteiger partial charge >= 0.3 is 0 Å². The number of hydrazine groups is 1. The third-order valence-electron chi connectivity index (χ3n) is 2.55. The minimum Gasteiger partial charge on any atom is -0.302 e. The SMILES string of the molecule is CS(=O)(=O)CCN1CCC(ONN)CC1. The summed E-state index contributed by atoms with van der Waals surface area (Å²) in [6.45, 7) is 2.34. The molecule has 0 radical (unpaired) electrons. The van der Waals surface area contributed by atoms with Gasteiger partial charge in [-0.3, -0.25) is 4.84 Å². The molecule has 1 aliphatic rings. The van der Waals surface area contributed by atoms with E-state index in [4.69, 9.17) is 10.7 Å². The summed E-state index contributed by atoms with van der Waals surface area (Å²) in [4.78, 5) is 7.20. The normalized spacial score (nSPS) is 20.7. The average Bonchev–Trinajstić information content (AvgIpc) is 2.16. The van der Waals surface area contributed by atoms with Gasteiger partial charge in [0.2, 0.25) is 0 Å². The molecule has 0 aromatic rings. The molecule has 0 unspecified atom stereocenters. The summed E-state index contributed by atoms with van der Waals surface area (Å²) in [7, 11) is -2.85. The predicted octanol–water partition coefficient (Wildman–Crippen LogP) is -1.11. The van der Waals surface area contributed by atoms with E-state index < -0.39 is 9.84 Å². The molecule has 0 saturated carbocycles. The zero-order valence-corrected chi connectivity index (χ0v) is 9.79. The highest BCUT2D eigenvalue weighted by Gasteiger charge is 2.20. The number of nitrogens with zero attached hydrogens (tertiary/aromatic N) is 1. The molecule has 6 nitrogen and oxygen atoms in total. The second kappa shape index (κ2) is 5.76. The first-order valence-corrected chi connectivity index (χ1v) is 7.08. The summed E-state index contributed by atoms with van der Waals surface area (Å²) in [6, 6.07) is 0. The largest absolute Gasteiger partial charge is 0.302 e. The van der Waals surface area contributed by atoms with Crippen LogP contribution in [0.2, 0.25) is 0 Å². The van der Waals surface area contributed by atoms with Crippen LogP contribution in [0.4, 0.5) is 0 Å². The molecular formula is C8H19N3O3S. The molecule has 1 fully saturated rings. The maximum atomic E-state index is 11.0. The van der Waals surface area contributed by atoms with Crippen LogP contribution >= 0.6 is 0 Å². The van der Waals surface area contributed by atoms with E-state index >= 15 is 0 Å². The highest BCUT2D eigenvalue weighted by molar-refractivity contribution is 7.90. The Labute approximate surface area is 90.6 Å². The maximum Gasteiger partial charge on any atom is 0.148 e. The highest BCUT2D eigenvalue weighted by atomic mass is 32.2. The van der Waals surface area contributed by atoms with Crippen LogP contribution in [0.15, 0.2) is 0 Å². The molecule has 0 amide bonds. The number of hydrogen-bond donors (Lipinski definition) is 2. The van der Waals surface area contributed by atoms with Gasteiger partial charge < -0.3 is 4.90 Å². The third-order valence-corrected chi connectivity index (χ3v) is 3.47. The summed E-state index contributed by atoms with van der Waals surface area (Å²) >= 11 is 0. The fourth-order valence-corrected chi connectivity index (χ4v) is 2.23. The Morgan fingerprint density at radius 1 is 1.47 bits per heavy atom. The molecule has 1 aliphatic heterocycles. The van der Waals surface area contributed by atoms with E-state index in [1.165, 1.54) is 6.26 Å². The average molecular weight is 237 g/mol. The van der Waals surface area contributed by atoms with E-state index in [9.17, 15) is 8.42 Å². The minimum atomic E-state index is -2.85. The Balaban J connectivity index is 2.20. The van der Waals surface area contributed by atoms with Crippen LogP contribution in [0.1, 0.15) is 12.8 Å². The lowest BCUT2D eigenvalue weighted by molar-refractivity contribution is -0.0534. The van der Waals surface area contributed by atoms with Crippen LogP contribution in [0.3, 0.4) is 0 Å². The Hall–Kier alpha value is -0.210. The lowest BCUT2D eigenvalue weighted by atomic mass is 10.1. The van der Waals surface area contributed by atoms with Crippen LogP contribution in [0.5, 0.6) is 0 Å². The molecular weight excluding hydrogens is 218 g/mol. The number of hydrogen-bond acceptors (Lipinski definition) is 6. The lowest BCUT2D eigenvalue weighted by Gasteiger charge is -2.30. The van der Waals surface area contributed by atoms with Gasteiger partial charge in [0.05, 0.1) is 11.9 Å². The van der Waals surface area contributed by atoms with Crippen molar-refractivity contribution in [2.45, 2.75) is 18.9 Å². The molecule has 0 aromatic carbocycles. The van der Waals surface area contributed by atoms with Crippen molar-refractivity contribution in [1.29, 1.82) is 0 Å². The molecule has 0 aromatic heterocycles. The number of nitrogens with one attached hydrogen (secondary N) is 1. The Morgan fingerprint density at radius 3 is 2.53 bits per heavy atom. The molecule has 0 bridgehead atoms. The zero-order valence-electron chi connectivity index (χ0n) is 8.98. The smallest absolute Gasteiger partial charge is 0.148 e. The predicted molar refractivity (Wildman–Crippen MR) is 57.6 cm³/mol. The molecule has 1 saturated heterocycles. The van der Waals surface area contributed by atoms with Crippen molar-refractivity contribution in [3.8, 4) is 0 Å². The summed E-state index contributed by atoms with van der Waals surface area (Å²) < 4.78 is 21.9.